The maximum Gasteiger partial charge on any atom is 0.234 e. The van der Waals surface area contributed by atoms with Crippen LogP contribution in [0.25, 0.3) is 0 Å². The Kier molecular flexibility index (Phi) is 5.74. The normalized spacial score (nSPS) is 22.3. The van der Waals surface area contributed by atoms with Gasteiger partial charge in [0, 0.05) is 12.6 Å². The zero-order valence-electron chi connectivity index (χ0n) is 12.9. The molecule has 1 aliphatic carbocycles. The summed E-state index contributed by atoms with van der Waals surface area (Å²) in [5.41, 5.74) is 1.01. The predicted molar refractivity (Wildman–Crippen MR) is 82.3 cm³/mol. The van der Waals surface area contributed by atoms with Crippen molar-refractivity contribution < 1.29 is 9.18 Å². The van der Waals surface area contributed by atoms with Gasteiger partial charge in [-0.2, -0.15) is 0 Å². The van der Waals surface area contributed by atoms with Gasteiger partial charge in [0.25, 0.3) is 0 Å². The molecule has 1 saturated carbocycles. The number of hydrogen-bond donors (Lipinski definition) is 1. The largest absolute Gasteiger partial charge is 0.352 e. The van der Waals surface area contributed by atoms with Crippen LogP contribution in [0.5, 0.6) is 0 Å². The van der Waals surface area contributed by atoms with Crippen molar-refractivity contribution in [2.45, 2.75) is 45.2 Å². The molecule has 1 aromatic rings. The molecule has 1 amide bonds. The summed E-state index contributed by atoms with van der Waals surface area (Å²) >= 11 is 0. The van der Waals surface area contributed by atoms with Crippen LogP contribution in [-0.2, 0) is 11.3 Å². The highest BCUT2D eigenvalue weighted by Gasteiger charge is 2.22. The van der Waals surface area contributed by atoms with Crippen molar-refractivity contribution in [3.05, 3.63) is 35.6 Å². The fraction of sp³-hybridized carbons (Fsp3) is 0.588. The topological polar surface area (TPSA) is 32.3 Å². The van der Waals surface area contributed by atoms with Gasteiger partial charge in [0.2, 0.25) is 5.91 Å². The maximum atomic E-state index is 12.9. The summed E-state index contributed by atoms with van der Waals surface area (Å²) < 4.78 is 12.9. The number of nitrogens with zero attached hydrogens (tertiary/aromatic N) is 1. The summed E-state index contributed by atoms with van der Waals surface area (Å²) in [4.78, 5) is 14.1. The Morgan fingerprint density at radius 3 is 2.62 bits per heavy atom. The molecule has 1 aliphatic rings. The number of rotatable bonds is 5. The van der Waals surface area contributed by atoms with E-state index in [4.69, 9.17) is 0 Å². The van der Waals surface area contributed by atoms with E-state index in [9.17, 15) is 9.18 Å². The number of halogens is 1. The average Bonchev–Trinajstić information content (AvgIpc) is 2.44. The lowest BCUT2D eigenvalue weighted by molar-refractivity contribution is -0.123. The van der Waals surface area contributed by atoms with Crippen LogP contribution in [0, 0.1) is 11.7 Å². The number of amides is 1. The van der Waals surface area contributed by atoms with Crippen LogP contribution in [-0.4, -0.2) is 30.4 Å². The minimum Gasteiger partial charge on any atom is -0.352 e. The molecule has 21 heavy (non-hydrogen) atoms. The van der Waals surface area contributed by atoms with Gasteiger partial charge in [0.05, 0.1) is 6.54 Å². The van der Waals surface area contributed by atoms with Crippen molar-refractivity contribution in [2.75, 3.05) is 13.6 Å². The fourth-order valence-corrected chi connectivity index (χ4v) is 2.99. The molecule has 0 spiro atoms. The van der Waals surface area contributed by atoms with Crippen LogP contribution >= 0.6 is 0 Å². The van der Waals surface area contributed by atoms with Gasteiger partial charge < -0.3 is 5.32 Å². The van der Waals surface area contributed by atoms with Gasteiger partial charge in [0.15, 0.2) is 0 Å². The maximum absolute atomic E-state index is 12.9. The van der Waals surface area contributed by atoms with Crippen molar-refractivity contribution in [1.29, 1.82) is 0 Å². The lowest BCUT2D eigenvalue weighted by Crippen LogP contribution is -2.44. The Morgan fingerprint density at radius 1 is 1.29 bits per heavy atom. The van der Waals surface area contributed by atoms with Crippen LogP contribution in [0.2, 0.25) is 0 Å². The minimum atomic E-state index is -0.231. The molecule has 0 unspecified atom stereocenters. The molecular formula is C17H25FN2O. The van der Waals surface area contributed by atoms with Crippen LogP contribution in [0.4, 0.5) is 4.39 Å². The summed E-state index contributed by atoms with van der Waals surface area (Å²) in [7, 11) is 1.91. The Labute approximate surface area is 126 Å². The van der Waals surface area contributed by atoms with Gasteiger partial charge in [-0.25, -0.2) is 4.39 Å². The first-order chi connectivity index (χ1) is 10.0. The van der Waals surface area contributed by atoms with Crippen LogP contribution in [0.1, 0.15) is 38.2 Å². The first kappa shape index (κ1) is 16.0. The molecule has 0 radical (unpaired) electrons. The molecule has 1 fully saturated rings. The summed E-state index contributed by atoms with van der Waals surface area (Å²) in [5.74, 6) is 0.425. The second-order valence-electron chi connectivity index (χ2n) is 6.23. The summed E-state index contributed by atoms with van der Waals surface area (Å²) in [6.45, 7) is 3.24. The number of nitrogens with one attached hydrogen (secondary N) is 1. The molecule has 1 aromatic carbocycles. The molecule has 2 atom stereocenters. The van der Waals surface area contributed by atoms with Gasteiger partial charge in [-0.15, -0.1) is 0 Å². The van der Waals surface area contributed by atoms with Gasteiger partial charge >= 0.3 is 0 Å². The van der Waals surface area contributed by atoms with E-state index < -0.39 is 0 Å². The highest BCUT2D eigenvalue weighted by Crippen LogP contribution is 2.23. The van der Waals surface area contributed by atoms with Crippen molar-refractivity contribution in [3.8, 4) is 0 Å². The van der Waals surface area contributed by atoms with Crippen LogP contribution in [0.15, 0.2) is 24.3 Å². The second-order valence-corrected chi connectivity index (χ2v) is 6.23. The zero-order chi connectivity index (χ0) is 15.2. The van der Waals surface area contributed by atoms with E-state index in [-0.39, 0.29) is 11.7 Å². The fourth-order valence-electron chi connectivity index (χ4n) is 2.99. The number of carbonyl (C=O) groups is 1. The molecule has 0 aromatic heterocycles. The first-order valence-electron chi connectivity index (χ1n) is 7.77. The molecule has 0 bridgehead atoms. The predicted octanol–water partition coefficient (Wildman–Crippen LogP) is 2.95. The molecule has 2 rings (SSSR count). The number of carbonyl (C=O) groups excluding carboxylic acids is 1. The molecule has 4 heteroatoms. The van der Waals surface area contributed by atoms with Crippen molar-refractivity contribution in [2.24, 2.45) is 5.92 Å². The van der Waals surface area contributed by atoms with Crippen molar-refractivity contribution in [3.63, 3.8) is 0 Å². The van der Waals surface area contributed by atoms with E-state index in [2.05, 4.69) is 12.2 Å². The van der Waals surface area contributed by atoms with Gasteiger partial charge in [-0.05, 0) is 43.5 Å². The molecular weight excluding hydrogens is 267 g/mol. The lowest BCUT2D eigenvalue weighted by Gasteiger charge is -2.30. The summed E-state index contributed by atoms with van der Waals surface area (Å²) in [6, 6.07) is 6.74. The molecule has 0 heterocycles. The Hall–Kier alpha value is -1.42. The number of benzene rings is 1. The minimum absolute atomic E-state index is 0.0818. The Bertz CT molecular complexity index is 460. The standard InChI is InChI=1S/C17H25FN2O/c1-13-5-3-4-6-16(13)19-17(21)12-20(2)11-14-7-9-15(18)10-8-14/h7-10,13,16H,3-6,11-12H2,1-2H3,(H,19,21)/t13-,16+/m1/s1. The van der Waals surface area contributed by atoms with E-state index >= 15 is 0 Å². The summed E-state index contributed by atoms with van der Waals surface area (Å²) in [6.07, 6.45) is 4.78. The van der Waals surface area contributed by atoms with Gasteiger partial charge in [-0.3, -0.25) is 9.69 Å². The molecule has 116 valence electrons. The van der Waals surface area contributed by atoms with Crippen molar-refractivity contribution >= 4 is 5.91 Å². The Balaban J connectivity index is 1.77. The molecule has 0 saturated heterocycles. The SMILES string of the molecule is C[C@@H]1CCCC[C@@H]1NC(=O)CN(C)Cc1ccc(F)cc1. The Morgan fingerprint density at radius 2 is 1.95 bits per heavy atom. The quantitative estimate of drug-likeness (QED) is 0.905. The lowest BCUT2D eigenvalue weighted by atomic mass is 9.86. The van der Waals surface area contributed by atoms with E-state index in [0.29, 0.717) is 25.0 Å². The third kappa shape index (κ3) is 5.12. The monoisotopic (exact) mass is 292 g/mol. The van der Waals surface area contributed by atoms with Gasteiger partial charge in [0.1, 0.15) is 5.82 Å². The molecule has 1 N–H and O–H groups in total. The van der Waals surface area contributed by atoms with Crippen LogP contribution < -0.4 is 5.32 Å². The third-order valence-electron chi connectivity index (χ3n) is 4.24. The highest BCUT2D eigenvalue weighted by atomic mass is 19.1. The van der Waals surface area contributed by atoms with Crippen LogP contribution in [0.3, 0.4) is 0 Å². The average molecular weight is 292 g/mol. The highest BCUT2D eigenvalue weighted by molar-refractivity contribution is 5.78. The second kappa shape index (κ2) is 7.55. The van der Waals surface area contributed by atoms with E-state index in [1.54, 1.807) is 12.1 Å². The van der Waals surface area contributed by atoms with Crippen molar-refractivity contribution in [1.82, 2.24) is 10.2 Å². The first-order valence-corrected chi connectivity index (χ1v) is 7.77. The smallest absolute Gasteiger partial charge is 0.234 e. The van der Waals surface area contributed by atoms with E-state index in [1.165, 1.54) is 31.4 Å². The number of hydrogen-bond acceptors (Lipinski definition) is 2. The number of likely N-dealkylation sites (N-methyl/N-ethyl adjacent to an activating group) is 1. The third-order valence-corrected chi connectivity index (χ3v) is 4.24. The zero-order valence-corrected chi connectivity index (χ0v) is 12.9. The molecule has 3 nitrogen and oxygen atoms in total. The summed E-state index contributed by atoms with van der Waals surface area (Å²) in [5, 5.41) is 3.15. The van der Waals surface area contributed by atoms with Gasteiger partial charge in [-0.1, -0.05) is 31.9 Å². The van der Waals surface area contributed by atoms with E-state index in [1.807, 2.05) is 11.9 Å². The molecule has 0 aliphatic heterocycles. The van der Waals surface area contributed by atoms with E-state index in [0.717, 1.165) is 12.0 Å².